The Labute approximate surface area is 139 Å². The number of carboxylic acids is 1. The minimum Gasteiger partial charge on any atom is -0.476 e. The lowest BCUT2D eigenvalue weighted by molar-refractivity contribution is -0.511. The van der Waals surface area contributed by atoms with E-state index < -0.39 is 16.9 Å². The average Bonchev–Trinajstić information content (AvgIpc) is 2.50. The SMILES string of the molecule is CCCCCCCCC#CCC=CCCCC(C(=O)O)[N+](=O)[O-]. The van der Waals surface area contributed by atoms with Gasteiger partial charge in [-0.2, -0.15) is 0 Å². The molecule has 0 spiro atoms. The van der Waals surface area contributed by atoms with Gasteiger partial charge in [-0.25, -0.2) is 4.79 Å². The third kappa shape index (κ3) is 13.5. The Balaban J connectivity index is 3.56. The summed E-state index contributed by atoms with van der Waals surface area (Å²) in [6, 6.07) is -1.49. The van der Waals surface area contributed by atoms with E-state index in [1.54, 1.807) is 0 Å². The van der Waals surface area contributed by atoms with Gasteiger partial charge in [-0.1, -0.05) is 57.1 Å². The van der Waals surface area contributed by atoms with Crippen LogP contribution in [0.15, 0.2) is 12.2 Å². The van der Waals surface area contributed by atoms with Crippen LogP contribution < -0.4 is 0 Å². The van der Waals surface area contributed by atoms with Crippen molar-refractivity contribution in [2.45, 2.75) is 83.6 Å². The van der Waals surface area contributed by atoms with Crippen LogP contribution in [0.3, 0.4) is 0 Å². The number of nitrogens with zero attached hydrogens (tertiary/aromatic N) is 1. The molecular formula is C18H29NO4. The van der Waals surface area contributed by atoms with E-state index in [4.69, 9.17) is 5.11 Å². The molecule has 0 aromatic rings. The van der Waals surface area contributed by atoms with Crippen molar-refractivity contribution in [3.63, 3.8) is 0 Å². The van der Waals surface area contributed by atoms with E-state index in [0.29, 0.717) is 19.3 Å². The fourth-order valence-corrected chi connectivity index (χ4v) is 2.16. The second-order valence-corrected chi connectivity index (χ2v) is 5.62. The van der Waals surface area contributed by atoms with Crippen LogP contribution in [0, 0.1) is 22.0 Å². The van der Waals surface area contributed by atoms with Crippen molar-refractivity contribution >= 4 is 5.97 Å². The molecule has 1 unspecified atom stereocenters. The number of rotatable bonds is 13. The zero-order chi connectivity index (χ0) is 17.3. The second kappa shape index (κ2) is 15.1. The molecule has 0 aliphatic rings. The first-order valence-corrected chi connectivity index (χ1v) is 8.56. The maximum absolute atomic E-state index is 10.6. The monoisotopic (exact) mass is 323 g/mol. The normalized spacial score (nSPS) is 11.9. The van der Waals surface area contributed by atoms with Gasteiger partial charge in [-0.15, -0.1) is 5.92 Å². The smallest absolute Gasteiger partial charge is 0.379 e. The number of carboxylic acid groups (broad SMARTS) is 1. The highest BCUT2D eigenvalue weighted by Crippen LogP contribution is 2.07. The summed E-state index contributed by atoms with van der Waals surface area (Å²) in [7, 11) is 0. The fraction of sp³-hybridized carbons (Fsp3) is 0.722. The quantitative estimate of drug-likeness (QED) is 0.177. The van der Waals surface area contributed by atoms with Crippen LogP contribution in [-0.4, -0.2) is 22.0 Å². The van der Waals surface area contributed by atoms with E-state index in [1.807, 2.05) is 12.2 Å². The Morgan fingerprint density at radius 2 is 1.83 bits per heavy atom. The minimum absolute atomic E-state index is 0.0659. The number of allylic oxidation sites excluding steroid dienone is 2. The van der Waals surface area contributed by atoms with Crippen LogP contribution in [0.1, 0.15) is 77.6 Å². The van der Waals surface area contributed by atoms with Gasteiger partial charge in [0, 0.05) is 24.2 Å². The maximum atomic E-state index is 10.6. The van der Waals surface area contributed by atoms with Crippen LogP contribution in [0.5, 0.6) is 0 Å². The molecule has 5 heteroatoms. The molecule has 0 aromatic heterocycles. The lowest BCUT2D eigenvalue weighted by atomic mass is 10.1. The highest BCUT2D eigenvalue weighted by molar-refractivity contribution is 5.71. The van der Waals surface area contributed by atoms with E-state index in [0.717, 1.165) is 12.8 Å². The van der Waals surface area contributed by atoms with E-state index in [-0.39, 0.29) is 6.42 Å². The summed E-state index contributed by atoms with van der Waals surface area (Å²) in [5.41, 5.74) is 0. The molecule has 0 heterocycles. The van der Waals surface area contributed by atoms with E-state index in [1.165, 1.54) is 32.1 Å². The first-order chi connectivity index (χ1) is 11.1. The van der Waals surface area contributed by atoms with Crippen molar-refractivity contribution in [3.05, 3.63) is 22.3 Å². The van der Waals surface area contributed by atoms with E-state index >= 15 is 0 Å². The van der Waals surface area contributed by atoms with Gasteiger partial charge in [0.1, 0.15) is 0 Å². The Morgan fingerprint density at radius 1 is 1.13 bits per heavy atom. The molecule has 0 aromatic carbocycles. The molecule has 130 valence electrons. The summed E-state index contributed by atoms with van der Waals surface area (Å²) in [5, 5.41) is 19.2. The van der Waals surface area contributed by atoms with Gasteiger partial charge >= 0.3 is 12.0 Å². The third-order valence-electron chi connectivity index (χ3n) is 3.55. The lowest BCUT2D eigenvalue weighted by Crippen LogP contribution is -2.28. The molecule has 23 heavy (non-hydrogen) atoms. The summed E-state index contributed by atoms with van der Waals surface area (Å²) in [4.78, 5) is 20.4. The summed E-state index contributed by atoms with van der Waals surface area (Å²) in [6.07, 6.45) is 14.4. The minimum atomic E-state index is -1.49. The van der Waals surface area contributed by atoms with Crippen molar-refractivity contribution in [1.82, 2.24) is 0 Å². The van der Waals surface area contributed by atoms with Crippen LogP contribution >= 0.6 is 0 Å². The zero-order valence-corrected chi connectivity index (χ0v) is 14.1. The number of hydrogen-bond donors (Lipinski definition) is 1. The molecule has 0 radical (unpaired) electrons. The van der Waals surface area contributed by atoms with Crippen LogP contribution in [0.4, 0.5) is 0 Å². The molecule has 0 amide bonds. The van der Waals surface area contributed by atoms with Crippen molar-refractivity contribution < 1.29 is 14.8 Å². The molecule has 0 aliphatic carbocycles. The number of hydrogen-bond acceptors (Lipinski definition) is 3. The Bertz CT molecular complexity index is 406. The predicted molar refractivity (Wildman–Crippen MR) is 91.8 cm³/mol. The molecular weight excluding hydrogens is 294 g/mol. The Kier molecular flexibility index (Phi) is 13.9. The summed E-state index contributed by atoms with van der Waals surface area (Å²) >= 11 is 0. The van der Waals surface area contributed by atoms with E-state index in [9.17, 15) is 14.9 Å². The van der Waals surface area contributed by atoms with Gasteiger partial charge in [0.25, 0.3) is 0 Å². The number of aliphatic carboxylic acids is 1. The van der Waals surface area contributed by atoms with E-state index in [2.05, 4.69) is 18.8 Å². The molecule has 1 N–H and O–H groups in total. The summed E-state index contributed by atoms with van der Waals surface area (Å²) < 4.78 is 0. The van der Waals surface area contributed by atoms with Crippen LogP contribution in [0.25, 0.3) is 0 Å². The first kappa shape index (κ1) is 21.2. The van der Waals surface area contributed by atoms with Gasteiger partial charge < -0.3 is 5.11 Å². The van der Waals surface area contributed by atoms with Gasteiger partial charge in [0.05, 0.1) is 0 Å². The number of carbonyl (C=O) groups is 1. The van der Waals surface area contributed by atoms with Gasteiger partial charge in [-0.3, -0.25) is 10.1 Å². The molecule has 0 fully saturated rings. The van der Waals surface area contributed by atoms with Gasteiger partial charge in [-0.05, 0) is 19.3 Å². The molecule has 0 saturated carbocycles. The van der Waals surface area contributed by atoms with Gasteiger partial charge in [0.2, 0.25) is 0 Å². The van der Waals surface area contributed by atoms with Crippen molar-refractivity contribution in [2.75, 3.05) is 0 Å². The predicted octanol–water partition coefficient (Wildman–Crippen LogP) is 4.59. The van der Waals surface area contributed by atoms with Crippen molar-refractivity contribution in [3.8, 4) is 11.8 Å². The molecule has 1 atom stereocenters. The molecule has 5 nitrogen and oxygen atoms in total. The number of nitro groups is 1. The molecule has 0 aliphatic heterocycles. The number of unbranched alkanes of at least 4 members (excludes halogenated alkanes) is 7. The van der Waals surface area contributed by atoms with Crippen LogP contribution in [0.2, 0.25) is 0 Å². The first-order valence-electron chi connectivity index (χ1n) is 8.56. The Morgan fingerprint density at radius 3 is 2.48 bits per heavy atom. The van der Waals surface area contributed by atoms with Crippen molar-refractivity contribution in [2.24, 2.45) is 0 Å². The molecule has 0 saturated heterocycles. The lowest BCUT2D eigenvalue weighted by Gasteiger charge is -2.02. The standard InChI is InChI=1S/C18H29NO4/c1-2-3-4-5-6-7-8-9-10-11-12-13-14-15-16-17(18(20)21)19(22)23/h12-13,17H,2-8,11,14-16H2,1H3,(H,20,21). The highest BCUT2D eigenvalue weighted by atomic mass is 16.6. The maximum Gasteiger partial charge on any atom is 0.379 e. The third-order valence-corrected chi connectivity index (χ3v) is 3.55. The average molecular weight is 323 g/mol. The topological polar surface area (TPSA) is 80.4 Å². The van der Waals surface area contributed by atoms with Crippen molar-refractivity contribution in [1.29, 1.82) is 0 Å². The van der Waals surface area contributed by atoms with Crippen LogP contribution in [-0.2, 0) is 4.79 Å². The summed E-state index contributed by atoms with van der Waals surface area (Å²) in [5.74, 6) is 4.87. The highest BCUT2D eigenvalue weighted by Gasteiger charge is 2.27. The largest absolute Gasteiger partial charge is 0.476 e. The fourth-order valence-electron chi connectivity index (χ4n) is 2.16. The molecule has 0 bridgehead atoms. The summed E-state index contributed by atoms with van der Waals surface area (Å²) in [6.45, 7) is 2.21. The zero-order valence-electron chi connectivity index (χ0n) is 14.1. The van der Waals surface area contributed by atoms with Gasteiger partial charge in [0.15, 0.2) is 0 Å². The Hall–Kier alpha value is -1.83. The molecule has 0 rings (SSSR count). The second-order valence-electron chi connectivity index (χ2n) is 5.62.